The van der Waals surface area contributed by atoms with Gasteiger partial charge in [0.05, 0.1) is 0 Å². The van der Waals surface area contributed by atoms with E-state index in [1.807, 2.05) is 30.3 Å². The number of aromatic amines is 1. The normalized spacial score (nSPS) is 20.1. The van der Waals surface area contributed by atoms with Gasteiger partial charge in [-0.3, -0.25) is 5.10 Å². The van der Waals surface area contributed by atoms with E-state index in [1.54, 1.807) is 0 Å². The third-order valence-corrected chi connectivity index (χ3v) is 4.08. The number of likely N-dealkylation sites (tertiary alicyclic amines) is 1. The van der Waals surface area contributed by atoms with Gasteiger partial charge >= 0.3 is 0 Å². The Morgan fingerprint density at radius 2 is 2.15 bits per heavy atom. The Hall–Kier alpha value is -1.68. The lowest BCUT2D eigenvalue weighted by Crippen LogP contribution is -2.32. The van der Waals surface area contributed by atoms with Crippen LogP contribution in [0.2, 0.25) is 0 Å². The van der Waals surface area contributed by atoms with Crippen LogP contribution in [-0.2, 0) is 6.42 Å². The van der Waals surface area contributed by atoms with E-state index >= 15 is 0 Å². The van der Waals surface area contributed by atoms with E-state index in [9.17, 15) is 0 Å². The number of nitrogens with zero attached hydrogens (tertiary/aromatic N) is 3. The maximum atomic E-state index is 4.60. The minimum Gasteiger partial charge on any atom is -0.306 e. The van der Waals surface area contributed by atoms with Crippen LogP contribution in [0.3, 0.4) is 0 Å². The fraction of sp³-hybridized carbons (Fsp3) is 0.500. The third-order valence-electron chi connectivity index (χ3n) is 4.08. The Morgan fingerprint density at radius 1 is 1.30 bits per heavy atom. The first kappa shape index (κ1) is 13.3. The van der Waals surface area contributed by atoms with Gasteiger partial charge in [0.2, 0.25) is 0 Å². The van der Waals surface area contributed by atoms with Gasteiger partial charge in [-0.1, -0.05) is 30.3 Å². The molecule has 1 saturated heterocycles. The van der Waals surface area contributed by atoms with Crippen LogP contribution in [0.25, 0.3) is 11.4 Å². The van der Waals surface area contributed by atoms with E-state index in [0.29, 0.717) is 0 Å². The van der Waals surface area contributed by atoms with E-state index in [-0.39, 0.29) is 0 Å². The second-order valence-corrected chi connectivity index (χ2v) is 5.78. The molecule has 1 aliphatic heterocycles. The molecular weight excluding hydrogens is 248 g/mol. The molecule has 1 aromatic carbocycles. The van der Waals surface area contributed by atoms with Crippen LogP contribution in [0.4, 0.5) is 0 Å². The van der Waals surface area contributed by atoms with Crippen LogP contribution in [0.1, 0.15) is 25.1 Å². The van der Waals surface area contributed by atoms with Gasteiger partial charge in [-0.15, -0.1) is 0 Å². The van der Waals surface area contributed by atoms with Crippen molar-refractivity contribution in [1.29, 1.82) is 0 Å². The van der Waals surface area contributed by atoms with Gasteiger partial charge in [-0.25, -0.2) is 4.98 Å². The molecule has 2 aromatic rings. The molecule has 106 valence electrons. The van der Waals surface area contributed by atoms with Gasteiger partial charge in [0.25, 0.3) is 0 Å². The van der Waals surface area contributed by atoms with Gasteiger partial charge in [0.1, 0.15) is 5.82 Å². The standard InChI is InChI=1S/C16H22N4/c1-20-11-5-6-13(12-20)9-10-15-17-16(19-18-15)14-7-3-2-4-8-14/h2-4,7-8,13H,5-6,9-12H2,1H3,(H,17,18,19). The predicted octanol–water partition coefficient (Wildman–Crippen LogP) is 2.75. The fourth-order valence-corrected chi connectivity index (χ4v) is 2.97. The van der Waals surface area contributed by atoms with Crippen molar-refractivity contribution in [3.8, 4) is 11.4 Å². The first-order chi connectivity index (χ1) is 9.81. The minimum atomic E-state index is 0.805. The molecule has 4 nitrogen and oxygen atoms in total. The predicted molar refractivity (Wildman–Crippen MR) is 80.4 cm³/mol. The van der Waals surface area contributed by atoms with Crippen molar-refractivity contribution < 1.29 is 0 Å². The van der Waals surface area contributed by atoms with Gasteiger partial charge in [-0.05, 0) is 38.8 Å². The monoisotopic (exact) mass is 270 g/mol. The number of aromatic nitrogens is 3. The van der Waals surface area contributed by atoms with E-state index in [2.05, 4.69) is 27.1 Å². The largest absolute Gasteiger partial charge is 0.306 e. The fourth-order valence-electron chi connectivity index (χ4n) is 2.97. The van der Waals surface area contributed by atoms with Crippen molar-refractivity contribution in [3.63, 3.8) is 0 Å². The Morgan fingerprint density at radius 3 is 2.95 bits per heavy atom. The molecule has 2 heterocycles. The highest BCUT2D eigenvalue weighted by molar-refractivity contribution is 5.53. The first-order valence-corrected chi connectivity index (χ1v) is 7.46. The second-order valence-electron chi connectivity index (χ2n) is 5.78. The lowest BCUT2D eigenvalue weighted by atomic mass is 9.94. The van der Waals surface area contributed by atoms with Crippen molar-refractivity contribution in [3.05, 3.63) is 36.2 Å². The van der Waals surface area contributed by atoms with Crippen molar-refractivity contribution in [2.75, 3.05) is 20.1 Å². The second kappa shape index (κ2) is 6.18. The molecule has 0 aliphatic carbocycles. The van der Waals surface area contributed by atoms with Gasteiger partial charge < -0.3 is 4.90 Å². The molecule has 1 aromatic heterocycles. The SMILES string of the molecule is CN1CCCC(CCc2nc(-c3ccccc3)n[nH]2)C1. The molecule has 1 atom stereocenters. The zero-order valence-corrected chi connectivity index (χ0v) is 12.0. The maximum absolute atomic E-state index is 4.60. The lowest BCUT2D eigenvalue weighted by Gasteiger charge is -2.29. The van der Waals surface area contributed by atoms with Gasteiger partial charge in [0, 0.05) is 18.5 Å². The Kier molecular flexibility index (Phi) is 4.11. The van der Waals surface area contributed by atoms with E-state index in [0.717, 1.165) is 29.6 Å². The molecule has 0 saturated carbocycles. The van der Waals surface area contributed by atoms with Crippen molar-refractivity contribution in [1.82, 2.24) is 20.1 Å². The summed E-state index contributed by atoms with van der Waals surface area (Å²) in [5, 5.41) is 7.40. The lowest BCUT2D eigenvalue weighted by molar-refractivity contribution is 0.202. The highest BCUT2D eigenvalue weighted by Crippen LogP contribution is 2.20. The zero-order chi connectivity index (χ0) is 13.8. The number of rotatable bonds is 4. The van der Waals surface area contributed by atoms with Gasteiger partial charge in [0.15, 0.2) is 5.82 Å². The Labute approximate surface area is 120 Å². The summed E-state index contributed by atoms with van der Waals surface area (Å²) in [6.07, 6.45) is 4.88. The summed E-state index contributed by atoms with van der Waals surface area (Å²) >= 11 is 0. The van der Waals surface area contributed by atoms with E-state index in [4.69, 9.17) is 0 Å². The topological polar surface area (TPSA) is 44.8 Å². The number of benzene rings is 1. The summed E-state index contributed by atoms with van der Waals surface area (Å²) in [6.45, 7) is 2.47. The number of nitrogens with one attached hydrogen (secondary N) is 1. The van der Waals surface area contributed by atoms with Crippen LogP contribution >= 0.6 is 0 Å². The molecule has 0 radical (unpaired) electrons. The molecule has 0 amide bonds. The van der Waals surface area contributed by atoms with Crippen LogP contribution in [-0.4, -0.2) is 40.2 Å². The quantitative estimate of drug-likeness (QED) is 0.929. The Balaban J connectivity index is 1.58. The summed E-state index contributed by atoms with van der Waals surface area (Å²) in [5.41, 5.74) is 1.08. The molecule has 1 fully saturated rings. The number of hydrogen-bond donors (Lipinski definition) is 1. The van der Waals surface area contributed by atoms with Gasteiger partial charge in [-0.2, -0.15) is 5.10 Å². The minimum absolute atomic E-state index is 0.805. The summed E-state index contributed by atoms with van der Waals surface area (Å²) in [4.78, 5) is 7.04. The molecule has 0 spiro atoms. The molecule has 1 unspecified atom stereocenters. The maximum Gasteiger partial charge on any atom is 0.181 e. The summed E-state index contributed by atoms with van der Waals surface area (Å²) in [7, 11) is 2.22. The average Bonchev–Trinajstić information content (AvgIpc) is 2.95. The third kappa shape index (κ3) is 3.25. The molecule has 20 heavy (non-hydrogen) atoms. The van der Waals surface area contributed by atoms with E-state index < -0.39 is 0 Å². The Bertz CT molecular complexity index is 534. The summed E-state index contributed by atoms with van der Waals surface area (Å²) < 4.78 is 0. The molecule has 3 rings (SSSR count). The van der Waals surface area contributed by atoms with Crippen LogP contribution in [0, 0.1) is 5.92 Å². The zero-order valence-electron chi connectivity index (χ0n) is 12.0. The van der Waals surface area contributed by atoms with E-state index in [1.165, 1.54) is 32.4 Å². The molecule has 4 heteroatoms. The molecular formula is C16H22N4. The molecule has 1 N–H and O–H groups in total. The average molecular weight is 270 g/mol. The van der Waals surface area contributed by atoms with Crippen molar-refractivity contribution >= 4 is 0 Å². The smallest absolute Gasteiger partial charge is 0.181 e. The highest BCUT2D eigenvalue weighted by atomic mass is 15.2. The molecule has 0 bridgehead atoms. The highest BCUT2D eigenvalue weighted by Gasteiger charge is 2.17. The number of H-pyrrole nitrogens is 1. The number of aryl methyl sites for hydroxylation is 1. The van der Waals surface area contributed by atoms with Crippen molar-refractivity contribution in [2.24, 2.45) is 5.92 Å². The molecule has 1 aliphatic rings. The van der Waals surface area contributed by atoms with Crippen molar-refractivity contribution in [2.45, 2.75) is 25.7 Å². The van der Waals surface area contributed by atoms with Crippen LogP contribution in [0.5, 0.6) is 0 Å². The summed E-state index contributed by atoms with van der Waals surface area (Å²) in [6, 6.07) is 10.1. The first-order valence-electron chi connectivity index (χ1n) is 7.46. The summed E-state index contributed by atoms with van der Waals surface area (Å²) in [5.74, 6) is 2.62. The van der Waals surface area contributed by atoms with Crippen LogP contribution < -0.4 is 0 Å². The number of hydrogen-bond acceptors (Lipinski definition) is 3. The van der Waals surface area contributed by atoms with Crippen LogP contribution in [0.15, 0.2) is 30.3 Å². The number of piperidine rings is 1.